The van der Waals surface area contributed by atoms with Crippen LogP contribution in [-0.2, 0) is 0 Å². The number of hydrogen-bond donors (Lipinski definition) is 0. The Balaban J connectivity index is 2.44. The van der Waals surface area contributed by atoms with Crippen molar-refractivity contribution in [3.63, 3.8) is 0 Å². The van der Waals surface area contributed by atoms with E-state index in [1.165, 1.54) is 89.9 Å². The Hall–Kier alpha value is -0.260. The largest absolute Gasteiger partial charge is 0.0851 e. The van der Waals surface area contributed by atoms with Gasteiger partial charge in [-0.25, -0.2) is 0 Å². The fourth-order valence-electron chi connectivity index (χ4n) is 4.09. The summed E-state index contributed by atoms with van der Waals surface area (Å²) in [7, 11) is 0. The van der Waals surface area contributed by atoms with Gasteiger partial charge in [-0.2, -0.15) is 0 Å². The maximum absolute atomic E-state index is 2.61. The van der Waals surface area contributed by atoms with Crippen LogP contribution in [0.15, 0.2) is 12.2 Å². The van der Waals surface area contributed by atoms with E-state index in [-0.39, 0.29) is 0 Å². The third-order valence-corrected chi connectivity index (χ3v) is 5.76. The van der Waals surface area contributed by atoms with Crippen molar-refractivity contribution in [1.29, 1.82) is 0 Å². The predicted octanol–water partition coefficient (Wildman–Crippen LogP) is 7.93. The Morgan fingerprint density at radius 2 is 1.32 bits per heavy atom. The van der Waals surface area contributed by atoms with Gasteiger partial charge in [-0.3, -0.25) is 0 Å². The van der Waals surface area contributed by atoms with Gasteiger partial charge in [0, 0.05) is 0 Å². The molecule has 1 fully saturated rings. The smallest absolute Gasteiger partial charge is 0.0233 e. The highest BCUT2D eigenvalue weighted by Crippen LogP contribution is 2.26. The molecule has 2 atom stereocenters. The molecule has 0 aliphatic heterocycles. The molecule has 1 aliphatic carbocycles. The van der Waals surface area contributed by atoms with Crippen LogP contribution in [-0.4, -0.2) is 0 Å². The predicted molar refractivity (Wildman–Crippen MR) is 101 cm³/mol. The molecule has 0 heterocycles. The van der Waals surface area contributed by atoms with E-state index in [0.29, 0.717) is 0 Å². The van der Waals surface area contributed by atoms with Crippen molar-refractivity contribution in [1.82, 2.24) is 0 Å². The lowest BCUT2D eigenvalue weighted by Gasteiger charge is -2.20. The standard InChI is InChI=1S/C22H42/c1-4-15-22(5-2)20(3)18-19-21-16-13-11-9-7-6-8-10-12-14-17-21/h18-22H,4-17H2,1-3H3. The van der Waals surface area contributed by atoms with Crippen molar-refractivity contribution in [3.8, 4) is 0 Å². The van der Waals surface area contributed by atoms with Gasteiger partial charge in [0.25, 0.3) is 0 Å². The maximum atomic E-state index is 2.61. The van der Waals surface area contributed by atoms with E-state index in [4.69, 9.17) is 0 Å². The zero-order chi connectivity index (χ0) is 16.0. The van der Waals surface area contributed by atoms with Crippen LogP contribution in [0.3, 0.4) is 0 Å². The monoisotopic (exact) mass is 306 g/mol. The van der Waals surface area contributed by atoms with Crippen LogP contribution in [0.5, 0.6) is 0 Å². The molecule has 1 rings (SSSR count). The van der Waals surface area contributed by atoms with Crippen LogP contribution >= 0.6 is 0 Å². The van der Waals surface area contributed by atoms with Gasteiger partial charge < -0.3 is 0 Å². The molecular weight excluding hydrogens is 264 g/mol. The SMILES string of the molecule is CCCC(CC)C(C)C=CC1CCCCCCCCCCC1. The zero-order valence-corrected chi connectivity index (χ0v) is 15.8. The molecule has 0 bridgehead atoms. The first-order valence-corrected chi connectivity index (χ1v) is 10.5. The molecular formula is C22H42. The molecule has 0 saturated heterocycles. The van der Waals surface area contributed by atoms with Gasteiger partial charge in [0.1, 0.15) is 0 Å². The van der Waals surface area contributed by atoms with E-state index >= 15 is 0 Å². The van der Waals surface area contributed by atoms with E-state index in [1.54, 1.807) is 0 Å². The Morgan fingerprint density at radius 3 is 1.77 bits per heavy atom. The van der Waals surface area contributed by atoms with Crippen molar-refractivity contribution in [3.05, 3.63) is 12.2 Å². The molecule has 0 heteroatoms. The second-order valence-corrected chi connectivity index (χ2v) is 7.72. The summed E-state index contributed by atoms with van der Waals surface area (Å²) in [6.45, 7) is 7.13. The lowest BCUT2D eigenvalue weighted by Crippen LogP contribution is -2.09. The summed E-state index contributed by atoms with van der Waals surface area (Å²) < 4.78 is 0. The molecule has 2 unspecified atom stereocenters. The highest BCUT2D eigenvalue weighted by atomic mass is 14.2. The van der Waals surface area contributed by atoms with Crippen molar-refractivity contribution < 1.29 is 0 Å². The molecule has 1 aliphatic rings. The van der Waals surface area contributed by atoms with Crippen molar-refractivity contribution in [2.75, 3.05) is 0 Å². The van der Waals surface area contributed by atoms with Crippen LogP contribution in [0.2, 0.25) is 0 Å². The second kappa shape index (κ2) is 13.2. The lowest BCUT2D eigenvalue weighted by atomic mass is 9.85. The van der Waals surface area contributed by atoms with Gasteiger partial charge in [0.05, 0.1) is 0 Å². The molecule has 1 saturated carbocycles. The summed E-state index contributed by atoms with van der Waals surface area (Å²) in [5.41, 5.74) is 0. The first kappa shape index (κ1) is 19.8. The van der Waals surface area contributed by atoms with E-state index < -0.39 is 0 Å². The number of rotatable bonds is 6. The van der Waals surface area contributed by atoms with Crippen LogP contribution in [0.4, 0.5) is 0 Å². The third kappa shape index (κ3) is 9.01. The van der Waals surface area contributed by atoms with Crippen molar-refractivity contribution >= 4 is 0 Å². The van der Waals surface area contributed by atoms with Crippen LogP contribution in [0, 0.1) is 17.8 Å². The highest BCUT2D eigenvalue weighted by molar-refractivity contribution is 4.93. The van der Waals surface area contributed by atoms with Gasteiger partial charge in [-0.05, 0) is 30.6 Å². The average Bonchev–Trinajstić information content (AvgIpc) is 2.51. The minimum atomic E-state index is 0.770. The van der Waals surface area contributed by atoms with E-state index in [0.717, 1.165) is 17.8 Å². The zero-order valence-electron chi connectivity index (χ0n) is 15.8. The summed E-state index contributed by atoms with van der Waals surface area (Å²) in [6.07, 6.45) is 25.3. The summed E-state index contributed by atoms with van der Waals surface area (Å²) >= 11 is 0. The fourth-order valence-corrected chi connectivity index (χ4v) is 4.09. The normalized spacial score (nSPS) is 22.9. The van der Waals surface area contributed by atoms with Crippen molar-refractivity contribution in [2.24, 2.45) is 17.8 Å². The Morgan fingerprint density at radius 1 is 0.818 bits per heavy atom. The topological polar surface area (TPSA) is 0 Å². The Kier molecular flexibility index (Phi) is 11.9. The molecule has 0 aromatic rings. The molecule has 0 nitrogen and oxygen atoms in total. The number of hydrogen-bond acceptors (Lipinski definition) is 0. The molecule has 0 amide bonds. The Labute approximate surface area is 141 Å². The van der Waals surface area contributed by atoms with E-state index in [9.17, 15) is 0 Å². The summed E-state index contributed by atoms with van der Waals surface area (Å²) in [5.74, 6) is 2.53. The molecule has 0 radical (unpaired) electrons. The van der Waals surface area contributed by atoms with E-state index in [1.807, 2.05) is 0 Å². The van der Waals surface area contributed by atoms with Gasteiger partial charge >= 0.3 is 0 Å². The second-order valence-electron chi connectivity index (χ2n) is 7.72. The molecule has 0 N–H and O–H groups in total. The first-order chi connectivity index (χ1) is 10.8. The van der Waals surface area contributed by atoms with Gasteiger partial charge in [0.2, 0.25) is 0 Å². The fraction of sp³-hybridized carbons (Fsp3) is 0.909. The van der Waals surface area contributed by atoms with Gasteiger partial charge in [0.15, 0.2) is 0 Å². The molecule has 0 aromatic heterocycles. The molecule has 0 aromatic carbocycles. The average molecular weight is 307 g/mol. The third-order valence-electron chi connectivity index (χ3n) is 5.76. The molecule has 0 spiro atoms. The first-order valence-electron chi connectivity index (χ1n) is 10.5. The molecule has 130 valence electrons. The van der Waals surface area contributed by atoms with E-state index in [2.05, 4.69) is 32.9 Å². The van der Waals surface area contributed by atoms with Crippen LogP contribution in [0.25, 0.3) is 0 Å². The van der Waals surface area contributed by atoms with Gasteiger partial charge in [-0.1, -0.05) is 110 Å². The summed E-state index contributed by atoms with van der Waals surface area (Å²) in [4.78, 5) is 0. The quantitative estimate of drug-likeness (QED) is 0.437. The van der Waals surface area contributed by atoms with Crippen LogP contribution < -0.4 is 0 Å². The minimum Gasteiger partial charge on any atom is -0.0851 e. The summed E-state index contributed by atoms with van der Waals surface area (Å²) in [5, 5.41) is 0. The maximum Gasteiger partial charge on any atom is -0.0233 e. The van der Waals surface area contributed by atoms with Gasteiger partial charge in [-0.15, -0.1) is 0 Å². The Bertz CT molecular complexity index is 253. The highest BCUT2D eigenvalue weighted by Gasteiger charge is 2.13. The van der Waals surface area contributed by atoms with Crippen molar-refractivity contribution in [2.45, 2.75) is 111 Å². The molecule has 22 heavy (non-hydrogen) atoms. The lowest BCUT2D eigenvalue weighted by molar-refractivity contribution is 0.372. The minimum absolute atomic E-state index is 0.770. The number of allylic oxidation sites excluding steroid dienone is 2. The summed E-state index contributed by atoms with van der Waals surface area (Å²) in [6, 6.07) is 0. The van der Waals surface area contributed by atoms with Crippen LogP contribution in [0.1, 0.15) is 111 Å².